The maximum Gasteiger partial charge on any atom is 0.237 e. The van der Waals surface area contributed by atoms with Crippen LogP contribution in [0.4, 0.5) is 5.69 Å². The molecule has 0 spiro atoms. The van der Waals surface area contributed by atoms with Gasteiger partial charge in [-0.2, -0.15) is 5.26 Å². The minimum Gasteiger partial charge on any atom is -0.325 e. The first-order valence-corrected chi connectivity index (χ1v) is 9.30. The predicted octanol–water partition coefficient (Wildman–Crippen LogP) is 3.78. The zero-order valence-electron chi connectivity index (χ0n) is 15.3. The number of amides is 1. The van der Waals surface area contributed by atoms with E-state index in [4.69, 9.17) is 5.26 Å². The number of carbonyl (C=O) groups is 1. The Kier molecular flexibility index (Phi) is 5.57. The van der Waals surface area contributed by atoms with Crippen molar-refractivity contribution in [2.45, 2.75) is 24.3 Å². The highest BCUT2D eigenvalue weighted by molar-refractivity contribution is 8.00. The molecule has 0 aliphatic heterocycles. The van der Waals surface area contributed by atoms with Gasteiger partial charge in [0.2, 0.25) is 5.91 Å². The first kappa shape index (κ1) is 18.7. The molecule has 1 heterocycles. The molecule has 0 fully saturated rings. The number of rotatable bonds is 5. The molecule has 7 heteroatoms. The third-order valence-corrected chi connectivity index (χ3v) is 5.27. The number of aromatic nitrogens is 3. The average Bonchev–Trinajstić information content (AvgIpc) is 3.02. The van der Waals surface area contributed by atoms with E-state index in [0.29, 0.717) is 16.4 Å². The van der Waals surface area contributed by atoms with Gasteiger partial charge in [-0.3, -0.25) is 4.79 Å². The summed E-state index contributed by atoms with van der Waals surface area (Å²) in [4.78, 5) is 12.5. The molecule has 3 aromatic rings. The lowest BCUT2D eigenvalue weighted by Gasteiger charge is -2.12. The molecule has 1 atom stereocenters. The van der Waals surface area contributed by atoms with Gasteiger partial charge in [0.1, 0.15) is 0 Å². The second-order valence-corrected chi connectivity index (χ2v) is 7.43. The summed E-state index contributed by atoms with van der Waals surface area (Å²) in [6.07, 6.45) is 0. The Morgan fingerprint density at radius 1 is 1.22 bits per heavy atom. The second kappa shape index (κ2) is 8.06. The first-order chi connectivity index (χ1) is 13.0. The van der Waals surface area contributed by atoms with E-state index in [1.165, 1.54) is 11.8 Å². The van der Waals surface area contributed by atoms with Crippen molar-refractivity contribution in [3.8, 4) is 17.5 Å². The van der Waals surface area contributed by atoms with E-state index in [-0.39, 0.29) is 11.2 Å². The van der Waals surface area contributed by atoms with E-state index in [2.05, 4.69) is 21.6 Å². The van der Waals surface area contributed by atoms with Crippen molar-refractivity contribution in [1.29, 1.82) is 5.26 Å². The van der Waals surface area contributed by atoms with Crippen LogP contribution < -0.4 is 5.32 Å². The van der Waals surface area contributed by atoms with Crippen LogP contribution in [0.1, 0.15) is 18.1 Å². The van der Waals surface area contributed by atoms with E-state index in [1.54, 1.807) is 24.3 Å². The van der Waals surface area contributed by atoms with Crippen molar-refractivity contribution in [3.05, 3.63) is 59.7 Å². The fourth-order valence-electron chi connectivity index (χ4n) is 2.60. The normalized spacial score (nSPS) is 11.6. The molecule has 0 bridgehead atoms. The number of anilines is 1. The van der Waals surface area contributed by atoms with Gasteiger partial charge < -0.3 is 9.88 Å². The highest BCUT2D eigenvalue weighted by atomic mass is 32.2. The highest BCUT2D eigenvalue weighted by Crippen LogP contribution is 2.27. The van der Waals surface area contributed by atoms with Crippen LogP contribution in [0, 0.1) is 18.3 Å². The van der Waals surface area contributed by atoms with Crippen LogP contribution in [0.25, 0.3) is 11.4 Å². The summed E-state index contributed by atoms with van der Waals surface area (Å²) in [5.74, 6) is 0.612. The summed E-state index contributed by atoms with van der Waals surface area (Å²) in [7, 11) is 1.89. The Morgan fingerprint density at radius 2 is 2.00 bits per heavy atom. The van der Waals surface area contributed by atoms with Crippen molar-refractivity contribution in [2.75, 3.05) is 5.32 Å². The number of hydrogen-bond donors (Lipinski definition) is 1. The summed E-state index contributed by atoms with van der Waals surface area (Å²) in [6.45, 7) is 3.85. The molecule has 6 nitrogen and oxygen atoms in total. The standard InChI is InChI=1S/C20H19N5OS/c1-13-7-4-5-10-17(13)18-23-24-20(25(18)3)27-14(2)19(26)22-16-9-6-8-15(11-16)12-21/h4-11,14H,1-3H3,(H,22,26)/t14-/m1/s1. The Labute approximate surface area is 162 Å². The molecule has 3 rings (SSSR count). The highest BCUT2D eigenvalue weighted by Gasteiger charge is 2.20. The number of nitriles is 1. The van der Waals surface area contributed by atoms with Crippen LogP contribution in [-0.4, -0.2) is 25.9 Å². The monoisotopic (exact) mass is 377 g/mol. The van der Waals surface area contributed by atoms with E-state index in [9.17, 15) is 4.79 Å². The van der Waals surface area contributed by atoms with Gasteiger partial charge in [-0.15, -0.1) is 10.2 Å². The van der Waals surface area contributed by atoms with Gasteiger partial charge in [0.25, 0.3) is 0 Å². The molecular formula is C20H19N5OS. The van der Waals surface area contributed by atoms with Crippen LogP contribution >= 0.6 is 11.8 Å². The number of benzene rings is 2. The Morgan fingerprint density at radius 3 is 2.74 bits per heavy atom. The maximum absolute atomic E-state index is 12.5. The minimum absolute atomic E-state index is 0.157. The average molecular weight is 377 g/mol. The van der Waals surface area contributed by atoms with Crippen LogP contribution in [0.3, 0.4) is 0 Å². The third-order valence-electron chi connectivity index (χ3n) is 4.13. The van der Waals surface area contributed by atoms with Gasteiger partial charge in [-0.1, -0.05) is 42.1 Å². The fraction of sp³-hybridized carbons (Fsp3) is 0.200. The van der Waals surface area contributed by atoms with Crippen LogP contribution in [0.2, 0.25) is 0 Å². The number of thioether (sulfide) groups is 1. The molecular weight excluding hydrogens is 358 g/mol. The van der Waals surface area contributed by atoms with Gasteiger partial charge in [0.05, 0.1) is 16.9 Å². The number of aryl methyl sites for hydroxylation is 1. The van der Waals surface area contributed by atoms with E-state index in [0.717, 1.165) is 17.0 Å². The van der Waals surface area contributed by atoms with Crippen molar-refractivity contribution in [3.63, 3.8) is 0 Å². The van der Waals surface area contributed by atoms with Crippen LogP contribution in [0.5, 0.6) is 0 Å². The summed E-state index contributed by atoms with van der Waals surface area (Å²) < 4.78 is 1.90. The number of hydrogen-bond acceptors (Lipinski definition) is 5. The van der Waals surface area contributed by atoms with E-state index < -0.39 is 0 Å². The zero-order valence-corrected chi connectivity index (χ0v) is 16.1. The predicted molar refractivity (Wildman–Crippen MR) is 106 cm³/mol. The lowest BCUT2D eigenvalue weighted by molar-refractivity contribution is -0.115. The van der Waals surface area contributed by atoms with Crippen LogP contribution in [-0.2, 0) is 11.8 Å². The van der Waals surface area contributed by atoms with Crippen molar-refractivity contribution in [1.82, 2.24) is 14.8 Å². The van der Waals surface area contributed by atoms with Gasteiger partial charge in [-0.25, -0.2) is 0 Å². The SMILES string of the molecule is Cc1ccccc1-c1nnc(S[C@H](C)C(=O)Nc2cccc(C#N)c2)n1C. The smallest absolute Gasteiger partial charge is 0.237 e. The van der Waals surface area contributed by atoms with E-state index in [1.807, 2.05) is 49.7 Å². The second-order valence-electron chi connectivity index (χ2n) is 6.12. The largest absolute Gasteiger partial charge is 0.325 e. The van der Waals surface area contributed by atoms with Crippen molar-refractivity contribution >= 4 is 23.4 Å². The summed E-state index contributed by atoms with van der Waals surface area (Å²) in [6, 6.07) is 16.9. The summed E-state index contributed by atoms with van der Waals surface area (Å²) >= 11 is 1.34. The molecule has 0 aliphatic carbocycles. The minimum atomic E-state index is -0.372. The first-order valence-electron chi connectivity index (χ1n) is 8.42. The molecule has 1 N–H and O–H groups in total. The molecule has 1 aromatic heterocycles. The van der Waals surface area contributed by atoms with Crippen LogP contribution in [0.15, 0.2) is 53.7 Å². The summed E-state index contributed by atoms with van der Waals surface area (Å²) in [5.41, 5.74) is 3.24. The molecule has 1 amide bonds. The van der Waals surface area contributed by atoms with Crippen molar-refractivity contribution < 1.29 is 4.79 Å². The molecule has 27 heavy (non-hydrogen) atoms. The quantitative estimate of drug-likeness (QED) is 0.684. The number of carbonyl (C=O) groups excluding carboxylic acids is 1. The Hall–Kier alpha value is -3.11. The lowest BCUT2D eigenvalue weighted by Crippen LogP contribution is -2.22. The molecule has 0 unspecified atom stereocenters. The topological polar surface area (TPSA) is 83.6 Å². The molecule has 136 valence electrons. The molecule has 0 radical (unpaired) electrons. The molecule has 0 saturated carbocycles. The van der Waals surface area contributed by atoms with E-state index >= 15 is 0 Å². The number of nitrogens with one attached hydrogen (secondary N) is 1. The Balaban J connectivity index is 1.73. The Bertz CT molecular complexity index is 1020. The third kappa shape index (κ3) is 4.18. The lowest BCUT2D eigenvalue weighted by atomic mass is 10.1. The van der Waals surface area contributed by atoms with Gasteiger partial charge >= 0.3 is 0 Å². The summed E-state index contributed by atoms with van der Waals surface area (Å²) in [5, 5.41) is 20.6. The number of nitrogens with zero attached hydrogens (tertiary/aromatic N) is 4. The molecule has 0 aliphatic rings. The van der Waals surface area contributed by atoms with Gasteiger partial charge in [0, 0.05) is 18.3 Å². The van der Waals surface area contributed by atoms with Gasteiger partial charge in [-0.05, 0) is 37.6 Å². The maximum atomic E-state index is 12.5. The fourth-order valence-corrected chi connectivity index (χ4v) is 3.41. The molecule has 2 aromatic carbocycles. The molecule has 0 saturated heterocycles. The zero-order chi connectivity index (χ0) is 19.4. The van der Waals surface area contributed by atoms with Crippen molar-refractivity contribution in [2.24, 2.45) is 7.05 Å². The van der Waals surface area contributed by atoms with Gasteiger partial charge in [0.15, 0.2) is 11.0 Å².